The van der Waals surface area contributed by atoms with E-state index in [1.54, 1.807) is 6.20 Å². The van der Waals surface area contributed by atoms with E-state index in [0.29, 0.717) is 11.0 Å². The minimum Gasteiger partial charge on any atom is -0.380 e. The molecule has 1 unspecified atom stereocenters. The van der Waals surface area contributed by atoms with Crippen molar-refractivity contribution in [3.63, 3.8) is 0 Å². The molecule has 1 aromatic rings. The Kier molecular flexibility index (Phi) is 4.30. The Labute approximate surface area is 121 Å². The van der Waals surface area contributed by atoms with Crippen LogP contribution in [0.5, 0.6) is 0 Å². The van der Waals surface area contributed by atoms with E-state index in [2.05, 4.69) is 33.3 Å². The Balaban J connectivity index is 2.13. The summed E-state index contributed by atoms with van der Waals surface area (Å²) in [6, 6.07) is 0.0496. The SMILES string of the molecule is CC(C)n1ncc(NCC2(C)CCCO2)c(Br)c1=O. The third-order valence-corrected chi connectivity index (χ3v) is 4.15. The molecule has 1 aromatic heterocycles. The lowest BCUT2D eigenvalue weighted by Gasteiger charge is -2.24. The lowest BCUT2D eigenvalue weighted by molar-refractivity contribution is 0.0315. The second-order valence-electron chi connectivity index (χ2n) is 5.47. The van der Waals surface area contributed by atoms with Gasteiger partial charge in [0.1, 0.15) is 4.47 Å². The monoisotopic (exact) mass is 329 g/mol. The molecular formula is C13H20BrN3O2. The molecule has 1 saturated heterocycles. The number of aromatic nitrogens is 2. The van der Waals surface area contributed by atoms with Crippen LogP contribution in [-0.2, 0) is 4.74 Å². The lowest BCUT2D eigenvalue weighted by Crippen LogP contribution is -2.33. The molecule has 0 spiro atoms. The summed E-state index contributed by atoms with van der Waals surface area (Å²) >= 11 is 3.35. The number of halogens is 1. The largest absolute Gasteiger partial charge is 0.380 e. The number of anilines is 1. The maximum absolute atomic E-state index is 12.1. The van der Waals surface area contributed by atoms with Crippen LogP contribution in [0.25, 0.3) is 0 Å². The van der Waals surface area contributed by atoms with Crippen LogP contribution in [0.2, 0.25) is 0 Å². The molecule has 6 heteroatoms. The first kappa shape index (κ1) is 14.5. The van der Waals surface area contributed by atoms with E-state index in [4.69, 9.17) is 4.74 Å². The molecule has 5 nitrogen and oxygen atoms in total. The third-order valence-electron chi connectivity index (χ3n) is 3.39. The summed E-state index contributed by atoms with van der Waals surface area (Å²) in [4.78, 5) is 12.1. The first-order valence-electron chi connectivity index (χ1n) is 6.58. The van der Waals surface area contributed by atoms with Gasteiger partial charge in [-0.25, -0.2) is 4.68 Å². The first-order valence-corrected chi connectivity index (χ1v) is 7.37. The van der Waals surface area contributed by atoms with Gasteiger partial charge in [-0.2, -0.15) is 5.10 Å². The van der Waals surface area contributed by atoms with Gasteiger partial charge >= 0.3 is 0 Å². The molecule has 1 aliphatic heterocycles. The van der Waals surface area contributed by atoms with Gasteiger partial charge in [-0.15, -0.1) is 0 Å². The zero-order valence-electron chi connectivity index (χ0n) is 11.6. The molecular weight excluding hydrogens is 310 g/mol. The molecule has 2 rings (SSSR count). The van der Waals surface area contributed by atoms with Crippen molar-refractivity contribution in [3.05, 3.63) is 21.0 Å². The molecule has 1 fully saturated rings. The van der Waals surface area contributed by atoms with Crippen LogP contribution in [0.15, 0.2) is 15.5 Å². The van der Waals surface area contributed by atoms with Crippen LogP contribution in [0.3, 0.4) is 0 Å². The van der Waals surface area contributed by atoms with Crippen molar-refractivity contribution in [1.82, 2.24) is 9.78 Å². The van der Waals surface area contributed by atoms with Crippen LogP contribution >= 0.6 is 15.9 Å². The lowest BCUT2D eigenvalue weighted by atomic mass is 10.0. The highest BCUT2D eigenvalue weighted by atomic mass is 79.9. The van der Waals surface area contributed by atoms with Crippen LogP contribution in [0.4, 0.5) is 5.69 Å². The van der Waals surface area contributed by atoms with Crippen molar-refractivity contribution in [3.8, 4) is 0 Å². The zero-order valence-corrected chi connectivity index (χ0v) is 13.2. The smallest absolute Gasteiger partial charge is 0.283 e. The van der Waals surface area contributed by atoms with Gasteiger partial charge < -0.3 is 10.1 Å². The fourth-order valence-electron chi connectivity index (χ4n) is 2.19. The topological polar surface area (TPSA) is 56.1 Å². The minimum atomic E-state index is -0.146. The van der Waals surface area contributed by atoms with Gasteiger partial charge in [-0.3, -0.25) is 4.79 Å². The molecule has 1 atom stereocenters. The van der Waals surface area contributed by atoms with Gasteiger partial charge in [0.15, 0.2) is 0 Å². The Morgan fingerprint density at radius 3 is 2.95 bits per heavy atom. The van der Waals surface area contributed by atoms with Gasteiger partial charge in [0.2, 0.25) is 0 Å². The zero-order chi connectivity index (χ0) is 14.0. The maximum atomic E-state index is 12.1. The number of nitrogens with zero attached hydrogens (tertiary/aromatic N) is 2. The van der Waals surface area contributed by atoms with Crippen LogP contribution < -0.4 is 10.9 Å². The average Bonchev–Trinajstić information content (AvgIpc) is 2.78. The molecule has 0 bridgehead atoms. The van der Waals surface area contributed by atoms with E-state index < -0.39 is 0 Å². The summed E-state index contributed by atoms with van der Waals surface area (Å²) in [5.41, 5.74) is 0.461. The van der Waals surface area contributed by atoms with E-state index in [1.165, 1.54) is 4.68 Å². The van der Waals surface area contributed by atoms with E-state index in [-0.39, 0.29) is 17.2 Å². The van der Waals surface area contributed by atoms with E-state index in [9.17, 15) is 4.79 Å². The van der Waals surface area contributed by atoms with Gasteiger partial charge in [0.05, 0.1) is 23.5 Å². The molecule has 0 aliphatic carbocycles. The van der Waals surface area contributed by atoms with Gasteiger partial charge in [-0.1, -0.05) is 0 Å². The molecule has 0 saturated carbocycles. The van der Waals surface area contributed by atoms with E-state index in [0.717, 1.165) is 25.1 Å². The average molecular weight is 330 g/mol. The van der Waals surface area contributed by atoms with Crippen LogP contribution in [0, 0.1) is 0 Å². The number of ether oxygens (including phenoxy) is 1. The van der Waals surface area contributed by atoms with Crippen molar-refractivity contribution in [2.75, 3.05) is 18.5 Å². The summed E-state index contributed by atoms with van der Waals surface area (Å²) < 4.78 is 7.70. The van der Waals surface area contributed by atoms with Gasteiger partial charge in [-0.05, 0) is 49.5 Å². The fraction of sp³-hybridized carbons (Fsp3) is 0.692. The molecule has 1 aliphatic rings. The Hall–Kier alpha value is -0.880. The molecule has 1 N–H and O–H groups in total. The molecule has 0 aromatic carbocycles. The number of rotatable bonds is 4. The van der Waals surface area contributed by atoms with Crippen molar-refractivity contribution in [2.24, 2.45) is 0 Å². The second kappa shape index (κ2) is 5.63. The predicted octanol–water partition coefficient (Wildman–Crippen LogP) is 2.57. The standard InChI is InChI=1S/C13H20BrN3O2/c1-9(2)17-12(18)11(14)10(7-16-17)15-8-13(3)5-4-6-19-13/h7,9,15H,4-6,8H2,1-3H3. The molecule has 0 radical (unpaired) electrons. The Bertz CT molecular complexity index is 507. The molecule has 106 valence electrons. The van der Waals surface area contributed by atoms with Crippen molar-refractivity contribution in [2.45, 2.75) is 45.3 Å². The predicted molar refractivity (Wildman–Crippen MR) is 78.7 cm³/mol. The number of hydrogen-bond donors (Lipinski definition) is 1. The minimum absolute atomic E-state index is 0.0496. The molecule has 19 heavy (non-hydrogen) atoms. The van der Waals surface area contributed by atoms with Gasteiger partial charge in [0.25, 0.3) is 5.56 Å². The quantitative estimate of drug-likeness (QED) is 0.922. The molecule has 0 amide bonds. The van der Waals surface area contributed by atoms with Gasteiger partial charge in [0, 0.05) is 13.2 Å². The van der Waals surface area contributed by atoms with Crippen LogP contribution in [0.1, 0.15) is 39.7 Å². The van der Waals surface area contributed by atoms with Crippen molar-refractivity contribution in [1.29, 1.82) is 0 Å². The second-order valence-corrected chi connectivity index (χ2v) is 6.26. The number of nitrogens with one attached hydrogen (secondary N) is 1. The van der Waals surface area contributed by atoms with Crippen molar-refractivity contribution >= 4 is 21.6 Å². The van der Waals surface area contributed by atoms with E-state index in [1.807, 2.05) is 13.8 Å². The first-order chi connectivity index (χ1) is 8.93. The fourth-order valence-corrected chi connectivity index (χ4v) is 2.62. The Morgan fingerprint density at radius 1 is 1.63 bits per heavy atom. The third kappa shape index (κ3) is 3.17. The normalized spacial score (nSPS) is 23.0. The maximum Gasteiger partial charge on any atom is 0.283 e. The summed E-state index contributed by atoms with van der Waals surface area (Å²) in [7, 11) is 0. The highest BCUT2D eigenvalue weighted by Gasteiger charge is 2.29. The summed E-state index contributed by atoms with van der Waals surface area (Å²) in [5, 5.41) is 7.43. The highest BCUT2D eigenvalue weighted by Crippen LogP contribution is 2.26. The summed E-state index contributed by atoms with van der Waals surface area (Å²) in [5.74, 6) is 0. The van der Waals surface area contributed by atoms with E-state index >= 15 is 0 Å². The van der Waals surface area contributed by atoms with Crippen LogP contribution in [-0.4, -0.2) is 28.5 Å². The number of hydrogen-bond acceptors (Lipinski definition) is 4. The highest BCUT2D eigenvalue weighted by molar-refractivity contribution is 9.10. The van der Waals surface area contributed by atoms with Crippen molar-refractivity contribution < 1.29 is 4.74 Å². The summed E-state index contributed by atoms with van der Waals surface area (Å²) in [6.45, 7) is 7.44. The molecule has 2 heterocycles. The Morgan fingerprint density at radius 2 is 2.37 bits per heavy atom. The summed E-state index contributed by atoms with van der Waals surface area (Å²) in [6.07, 6.45) is 3.81.